The molecule has 4 aromatic rings. The van der Waals surface area contributed by atoms with Crippen LogP contribution in [0, 0.1) is 5.92 Å². The number of benzene rings is 4. The van der Waals surface area contributed by atoms with Gasteiger partial charge in [0.25, 0.3) is 0 Å². The highest BCUT2D eigenvalue weighted by molar-refractivity contribution is 6.14. The largest absolute Gasteiger partial charge is 0.248 e. The molecule has 2 aliphatic rings. The van der Waals surface area contributed by atoms with E-state index in [1.807, 2.05) is 48.5 Å². The van der Waals surface area contributed by atoms with E-state index in [1.54, 1.807) is 0 Å². The van der Waals surface area contributed by atoms with Crippen LogP contribution in [0.4, 0.5) is 0 Å². The maximum Gasteiger partial charge on any atom is 0.0712 e. The minimum Gasteiger partial charge on any atom is -0.248 e. The van der Waals surface area contributed by atoms with Gasteiger partial charge in [0.1, 0.15) is 0 Å². The van der Waals surface area contributed by atoms with Gasteiger partial charge in [-0.15, -0.1) is 0 Å². The Morgan fingerprint density at radius 1 is 0.750 bits per heavy atom. The van der Waals surface area contributed by atoms with Gasteiger partial charge >= 0.3 is 0 Å². The molecular weight excluding hydrogens is 579 g/mol. The van der Waals surface area contributed by atoms with Gasteiger partial charge in [-0.05, 0) is 99.6 Å². The summed E-state index contributed by atoms with van der Waals surface area (Å²) in [5, 5.41) is 0. The zero-order chi connectivity index (χ0) is 33.8. The average Bonchev–Trinajstić information content (AvgIpc) is 3.35. The normalized spacial score (nSPS) is 17.6. The van der Waals surface area contributed by atoms with Crippen molar-refractivity contribution in [3.05, 3.63) is 203 Å². The van der Waals surface area contributed by atoms with Gasteiger partial charge in [0.2, 0.25) is 0 Å². The first kappa shape index (κ1) is 32.7. The van der Waals surface area contributed by atoms with Gasteiger partial charge in [0.05, 0.1) is 11.4 Å². The predicted molar refractivity (Wildman–Crippen MR) is 209 cm³/mol. The fourth-order valence-electron chi connectivity index (χ4n) is 7.01. The number of aliphatic imine (C=N–C) groups is 1. The maximum atomic E-state index is 4.98. The molecule has 0 N–H and O–H groups in total. The summed E-state index contributed by atoms with van der Waals surface area (Å²) < 4.78 is 0. The van der Waals surface area contributed by atoms with Crippen LogP contribution in [-0.2, 0) is 5.41 Å². The van der Waals surface area contributed by atoms with Gasteiger partial charge in [-0.1, -0.05) is 161 Å². The quantitative estimate of drug-likeness (QED) is 0.130. The molecule has 0 aliphatic heterocycles. The maximum absolute atomic E-state index is 4.98. The van der Waals surface area contributed by atoms with E-state index in [4.69, 9.17) is 4.99 Å². The SMILES string of the molecule is C=C(/C=C\C=C(/C)C1=CC2=C(c3ccccc3C2(C)C)C(C)C1)c1cccc(/C(C)=C/C(=N\C(=C)c2ccccc2)c2ccccc2)c1. The monoisotopic (exact) mass is 623 g/mol. The van der Waals surface area contributed by atoms with Crippen LogP contribution < -0.4 is 0 Å². The highest BCUT2D eigenvalue weighted by atomic mass is 14.8. The number of fused-ring (bicyclic) bond motifs is 2. The summed E-state index contributed by atoms with van der Waals surface area (Å²) >= 11 is 0. The first-order valence-electron chi connectivity index (χ1n) is 16.9. The Morgan fingerprint density at radius 3 is 2.10 bits per heavy atom. The van der Waals surface area contributed by atoms with Crippen molar-refractivity contribution in [3.8, 4) is 0 Å². The molecule has 238 valence electrons. The fourth-order valence-corrected chi connectivity index (χ4v) is 7.01. The molecule has 0 spiro atoms. The number of nitrogens with zero attached hydrogens (tertiary/aromatic N) is 1. The van der Waals surface area contributed by atoms with Gasteiger partial charge in [0.15, 0.2) is 0 Å². The summed E-state index contributed by atoms with van der Waals surface area (Å²) in [5.74, 6) is 0.494. The Kier molecular flexibility index (Phi) is 9.42. The van der Waals surface area contributed by atoms with Crippen molar-refractivity contribution in [1.29, 1.82) is 0 Å². The van der Waals surface area contributed by atoms with Crippen molar-refractivity contribution in [1.82, 2.24) is 0 Å². The van der Waals surface area contributed by atoms with Crippen molar-refractivity contribution in [2.24, 2.45) is 10.9 Å². The molecule has 0 radical (unpaired) electrons. The summed E-state index contributed by atoms with van der Waals surface area (Å²) in [6, 6.07) is 37.9. The van der Waals surface area contributed by atoms with E-state index in [0.717, 1.165) is 51.2 Å². The Balaban J connectivity index is 1.21. The molecule has 0 saturated carbocycles. The zero-order valence-electron chi connectivity index (χ0n) is 28.9. The summed E-state index contributed by atoms with van der Waals surface area (Å²) in [5.41, 5.74) is 16.7. The van der Waals surface area contributed by atoms with E-state index in [1.165, 1.54) is 33.4 Å². The van der Waals surface area contributed by atoms with Crippen molar-refractivity contribution in [2.45, 2.75) is 46.5 Å². The van der Waals surface area contributed by atoms with Gasteiger partial charge in [-0.25, -0.2) is 4.99 Å². The lowest BCUT2D eigenvalue weighted by atomic mass is 9.76. The Morgan fingerprint density at radius 2 is 1.38 bits per heavy atom. The van der Waals surface area contributed by atoms with Crippen LogP contribution in [0.15, 0.2) is 174 Å². The van der Waals surface area contributed by atoms with E-state index in [9.17, 15) is 0 Å². The molecule has 0 heterocycles. The standard InChI is InChI=1S/C47H45N/c1-32(18-16-19-33(2)41-28-35(4)46-42-26-14-15-27-43(42)47(6,7)44(46)31-41)39-24-17-25-40(30-39)34(3)29-45(38-22-12-9-13-23-38)48-36(5)37-20-10-8-11-21-37/h8-27,29-31,35H,1,5,28H2,2-4,6-7H3/b18-16-,33-19+,34-29+,48-45+. The van der Waals surface area contributed by atoms with Crippen molar-refractivity contribution < 1.29 is 0 Å². The number of hydrogen-bond donors (Lipinski definition) is 0. The smallest absolute Gasteiger partial charge is 0.0712 e. The summed E-state index contributed by atoms with van der Waals surface area (Å²) in [7, 11) is 0. The topological polar surface area (TPSA) is 12.4 Å². The molecule has 0 amide bonds. The zero-order valence-corrected chi connectivity index (χ0v) is 28.9. The lowest BCUT2D eigenvalue weighted by Gasteiger charge is -2.28. The van der Waals surface area contributed by atoms with Crippen molar-refractivity contribution in [2.75, 3.05) is 0 Å². The lowest BCUT2D eigenvalue weighted by molar-refractivity contribution is 0.638. The summed E-state index contributed by atoms with van der Waals surface area (Å²) in [6.45, 7) is 20.2. The second-order valence-corrected chi connectivity index (χ2v) is 13.6. The fraction of sp³-hybridized carbons (Fsp3) is 0.170. The van der Waals surface area contributed by atoms with E-state index in [-0.39, 0.29) is 5.41 Å². The summed E-state index contributed by atoms with van der Waals surface area (Å²) in [4.78, 5) is 4.98. The van der Waals surface area contributed by atoms with Gasteiger partial charge in [0, 0.05) is 11.0 Å². The molecule has 1 heteroatoms. The minimum absolute atomic E-state index is 0.0252. The third kappa shape index (κ3) is 6.73. The van der Waals surface area contributed by atoms with Crippen LogP contribution in [0.5, 0.6) is 0 Å². The second kappa shape index (κ2) is 13.8. The molecule has 48 heavy (non-hydrogen) atoms. The first-order chi connectivity index (χ1) is 23.1. The van der Waals surface area contributed by atoms with Crippen LogP contribution in [0.2, 0.25) is 0 Å². The molecule has 1 nitrogen and oxygen atoms in total. The molecule has 0 bridgehead atoms. The molecular formula is C47H45N. The third-order valence-corrected chi connectivity index (χ3v) is 9.82. The van der Waals surface area contributed by atoms with E-state index >= 15 is 0 Å². The van der Waals surface area contributed by atoms with Crippen LogP contribution in [-0.4, -0.2) is 5.71 Å². The van der Waals surface area contributed by atoms with E-state index < -0.39 is 0 Å². The first-order valence-corrected chi connectivity index (χ1v) is 16.9. The van der Waals surface area contributed by atoms with Gasteiger partial charge in [-0.2, -0.15) is 0 Å². The molecule has 1 unspecified atom stereocenters. The Bertz CT molecular complexity index is 2060. The van der Waals surface area contributed by atoms with Gasteiger partial charge in [-0.3, -0.25) is 0 Å². The van der Waals surface area contributed by atoms with E-state index in [2.05, 4.69) is 139 Å². The van der Waals surface area contributed by atoms with E-state index in [0.29, 0.717) is 5.92 Å². The Labute approximate surface area is 287 Å². The van der Waals surface area contributed by atoms with Crippen LogP contribution in [0.25, 0.3) is 22.4 Å². The van der Waals surface area contributed by atoms with Crippen LogP contribution in [0.1, 0.15) is 74.4 Å². The predicted octanol–water partition coefficient (Wildman–Crippen LogP) is 12.5. The van der Waals surface area contributed by atoms with Crippen molar-refractivity contribution >= 4 is 28.1 Å². The molecule has 0 aromatic heterocycles. The molecule has 4 aromatic carbocycles. The second-order valence-electron chi connectivity index (χ2n) is 13.6. The summed E-state index contributed by atoms with van der Waals surface area (Å²) in [6.07, 6.45) is 12.2. The number of allylic oxidation sites excluding steroid dienone is 11. The van der Waals surface area contributed by atoms with Gasteiger partial charge < -0.3 is 0 Å². The average molecular weight is 624 g/mol. The highest BCUT2D eigenvalue weighted by Crippen LogP contribution is 2.53. The molecule has 6 rings (SSSR count). The molecule has 2 aliphatic carbocycles. The Hall–Kier alpha value is -5.27. The molecule has 1 atom stereocenters. The molecule has 0 saturated heterocycles. The lowest BCUT2D eigenvalue weighted by Crippen LogP contribution is -2.18. The molecule has 0 fully saturated rings. The number of rotatable bonds is 9. The van der Waals surface area contributed by atoms with Crippen LogP contribution in [0.3, 0.4) is 0 Å². The van der Waals surface area contributed by atoms with Crippen molar-refractivity contribution in [3.63, 3.8) is 0 Å². The number of hydrogen-bond acceptors (Lipinski definition) is 1. The third-order valence-electron chi connectivity index (χ3n) is 9.82. The minimum atomic E-state index is 0.0252. The highest BCUT2D eigenvalue weighted by Gasteiger charge is 2.40. The van der Waals surface area contributed by atoms with Crippen LogP contribution >= 0.6 is 0 Å².